The fourth-order valence-electron chi connectivity index (χ4n) is 4.34. The Bertz CT molecular complexity index is 970. The number of aromatic nitrogens is 2. The van der Waals surface area contributed by atoms with Gasteiger partial charge in [-0.15, -0.1) is 0 Å². The Morgan fingerprint density at radius 2 is 2.00 bits per heavy atom. The predicted octanol–water partition coefficient (Wildman–Crippen LogP) is 2.88. The van der Waals surface area contributed by atoms with Crippen LogP contribution in [0.1, 0.15) is 55.1 Å². The van der Waals surface area contributed by atoms with Crippen LogP contribution in [0.3, 0.4) is 0 Å². The first-order chi connectivity index (χ1) is 12.2. The molecule has 4 N–H and O–H groups in total. The van der Waals surface area contributed by atoms with Gasteiger partial charge in [-0.1, -0.05) is 26.0 Å². The van der Waals surface area contributed by atoms with Gasteiger partial charge >= 0.3 is 0 Å². The molecular weight excluding hydrogens is 328 g/mol. The molecule has 0 radical (unpaired) electrons. The summed E-state index contributed by atoms with van der Waals surface area (Å²) in [7, 11) is 0. The maximum Gasteiger partial charge on any atom is 0.248 e. The van der Waals surface area contributed by atoms with E-state index in [9.17, 15) is 9.59 Å². The standard InChI is InChI=1S/C20H22N4O2/c1-19(2)8-14-16(15(25)9-19)20(3,13-10-22-24-18(13)23-14)12-6-4-5-11(7-12)17(21)26/h4-7,10H,8-9H2,1-3H3,(H2,21,26)(H2,22,23,24). The zero-order chi connectivity index (χ0) is 18.7. The van der Waals surface area contributed by atoms with E-state index in [1.807, 2.05) is 13.0 Å². The number of benzene rings is 1. The zero-order valence-corrected chi connectivity index (χ0v) is 15.1. The number of carbonyl (C=O) groups excluding carboxylic acids is 2. The summed E-state index contributed by atoms with van der Waals surface area (Å²) < 4.78 is 0. The van der Waals surface area contributed by atoms with Crippen molar-refractivity contribution in [2.45, 2.75) is 39.0 Å². The summed E-state index contributed by atoms with van der Waals surface area (Å²) in [6.45, 7) is 6.22. The summed E-state index contributed by atoms with van der Waals surface area (Å²) in [6.07, 6.45) is 3.01. The van der Waals surface area contributed by atoms with Gasteiger partial charge in [0.2, 0.25) is 5.91 Å². The maximum absolute atomic E-state index is 13.2. The molecule has 2 aliphatic rings. The van der Waals surface area contributed by atoms with Gasteiger partial charge in [-0.05, 0) is 36.5 Å². The van der Waals surface area contributed by atoms with E-state index in [1.165, 1.54) is 0 Å². The van der Waals surface area contributed by atoms with Crippen molar-refractivity contribution in [2.75, 3.05) is 5.32 Å². The van der Waals surface area contributed by atoms with E-state index < -0.39 is 11.3 Å². The van der Waals surface area contributed by atoms with Gasteiger partial charge in [0.15, 0.2) is 5.78 Å². The van der Waals surface area contributed by atoms with Crippen molar-refractivity contribution in [2.24, 2.45) is 11.1 Å². The Kier molecular flexibility index (Phi) is 3.38. The molecule has 134 valence electrons. The Morgan fingerprint density at radius 3 is 2.73 bits per heavy atom. The van der Waals surface area contributed by atoms with Gasteiger partial charge in [-0.3, -0.25) is 14.7 Å². The van der Waals surface area contributed by atoms with Crippen LogP contribution in [0.4, 0.5) is 5.82 Å². The topological polar surface area (TPSA) is 101 Å². The van der Waals surface area contributed by atoms with E-state index >= 15 is 0 Å². The van der Waals surface area contributed by atoms with Crippen molar-refractivity contribution in [3.8, 4) is 0 Å². The third-order valence-corrected chi connectivity index (χ3v) is 5.55. The van der Waals surface area contributed by atoms with Crippen LogP contribution < -0.4 is 11.1 Å². The van der Waals surface area contributed by atoms with Gasteiger partial charge < -0.3 is 11.1 Å². The quantitative estimate of drug-likeness (QED) is 0.775. The number of nitrogens with two attached hydrogens (primary N) is 1. The smallest absolute Gasteiger partial charge is 0.248 e. The van der Waals surface area contributed by atoms with Crippen LogP contribution in [-0.2, 0) is 10.2 Å². The van der Waals surface area contributed by atoms with Gasteiger partial charge in [-0.25, -0.2) is 0 Å². The molecule has 6 heteroatoms. The summed E-state index contributed by atoms with van der Waals surface area (Å²) in [4.78, 5) is 24.8. The average molecular weight is 350 g/mol. The van der Waals surface area contributed by atoms with Crippen LogP contribution in [0.15, 0.2) is 41.7 Å². The summed E-state index contributed by atoms with van der Waals surface area (Å²) in [6, 6.07) is 7.21. The highest BCUT2D eigenvalue weighted by Gasteiger charge is 2.48. The lowest BCUT2D eigenvalue weighted by Gasteiger charge is -2.43. The van der Waals surface area contributed by atoms with E-state index in [0.29, 0.717) is 12.0 Å². The molecule has 1 unspecified atom stereocenters. The van der Waals surface area contributed by atoms with Crippen molar-refractivity contribution in [3.63, 3.8) is 0 Å². The van der Waals surface area contributed by atoms with E-state index in [0.717, 1.165) is 34.6 Å². The monoisotopic (exact) mass is 350 g/mol. The first-order valence-corrected chi connectivity index (χ1v) is 8.70. The second-order valence-electron chi connectivity index (χ2n) is 8.15. The summed E-state index contributed by atoms with van der Waals surface area (Å²) in [5.41, 5.74) is 8.55. The minimum absolute atomic E-state index is 0.101. The molecule has 1 atom stereocenters. The Hall–Kier alpha value is -2.89. The minimum atomic E-state index is -0.693. The maximum atomic E-state index is 13.2. The number of primary amides is 1. The zero-order valence-electron chi connectivity index (χ0n) is 15.1. The Labute approximate surface area is 151 Å². The number of nitrogens with zero attached hydrogens (tertiary/aromatic N) is 1. The lowest BCUT2D eigenvalue weighted by Crippen LogP contribution is -2.41. The predicted molar refractivity (Wildman–Crippen MR) is 98.7 cm³/mol. The van der Waals surface area contributed by atoms with E-state index in [2.05, 4.69) is 29.4 Å². The molecule has 4 rings (SSSR count). The lowest BCUT2D eigenvalue weighted by atomic mass is 9.62. The summed E-state index contributed by atoms with van der Waals surface area (Å²) in [5, 5.41) is 10.6. The van der Waals surface area contributed by atoms with Gasteiger partial charge in [0, 0.05) is 28.8 Å². The van der Waals surface area contributed by atoms with Crippen molar-refractivity contribution in [1.82, 2.24) is 10.2 Å². The third-order valence-electron chi connectivity index (χ3n) is 5.55. The second-order valence-corrected chi connectivity index (χ2v) is 8.15. The van der Waals surface area contributed by atoms with Gasteiger partial charge in [0.1, 0.15) is 5.82 Å². The molecule has 0 saturated carbocycles. The fourth-order valence-corrected chi connectivity index (χ4v) is 4.34. The number of hydrogen-bond donors (Lipinski definition) is 3. The van der Waals surface area contributed by atoms with Crippen LogP contribution in [0.2, 0.25) is 0 Å². The number of H-pyrrole nitrogens is 1. The Balaban J connectivity index is 1.98. The number of allylic oxidation sites excluding steroid dienone is 2. The largest absolute Gasteiger partial charge is 0.366 e. The SMILES string of the molecule is CC1(C)CC(=O)C2=C(C1)Nc1[nH]ncc1C2(C)c1cccc(C(N)=O)c1. The van der Waals surface area contributed by atoms with Crippen LogP contribution in [0.25, 0.3) is 0 Å². The molecule has 1 aliphatic carbocycles. The number of anilines is 1. The van der Waals surface area contributed by atoms with Crippen LogP contribution in [0.5, 0.6) is 0 Å². The molecule has 26 heavy (non-hydrogen) atoms. The van der Waals surface area contributed by atoms with Gasteiger partial charge in [0.05, 0.1) is 11.6 Å². The fraction of sp³-hybridized carbons (Fsp3) is 0.350. The molecule has 0 bridgehead atoms. The molecule has 1 amide bonds. The molecule has 0 spiro atoms. The normalized spacial score (nSPS) is 23.9. The summed E-state index contributed by atoms with van der Waals surface area (Å²) >= 11 is 0. The number of aromatic amines is 1. The van der Waals surface area contributed by atoms with Crippen LogP contribution in [0, 0.1) is 5.41 Å². The minimum Gasteiger partial charge on any atom is -0.366 e. The highest BCUT2D eigenvalue weighted by Crippen LogP contribution is 2.51. The molecule has 0 fully saturated rings. The first kappa shape index (κ1) is 16.6. The van der Waals surface area contributed by atoms with E-state index in [1.54, 1.807) is 24.4 Å². The molecule has 0 saturated heterocycles. The van der Waals surface area contributed by atoms with Crippen molar-refractivity contribution < 1.29 is 9.59 Å². The average Bonchev–Trinajstić information content (AvgIpc) is 3.02. The van der Waals surface area contributed by atoms with Gasteiger partial charge in [-0.2, -0.15) is 5.10 Å². The molecule has 2 heterocycles. The number of fused-ring (bicyclic) bond motifs is 1. The first-order valence-electron chi connectivity index (χ1n) is 8.70. The number of nitrogens with one attached hydrogen (secondary N) is 2. The number of hydrogen-bond acceptors (Lipinski definition) is 4. The Morgan fingerprint density at radius 1 is 1.23 bits per heavy atom. The number of Topliss-reactive ketones (excluding diaryl/α,β-unsaturated/α-hetero) is 1. The third kappa shape index (κ3) is 2.29. The highest BCUT2D eigenvalue weighted by atomic mass is 16.1. The van der Waals surface area contributed by atoms with Crippen molar-refractivity contribution in [1.29, 1.82) is 0 Å². The number of carbonyl (C=O) groups is 2. The number of ketones is 1. The lowest BCUT2D eigenvalue weighted by molar-refractivity contribution is -0.118. The van der Waals surface area contributed by atoms with E-state index in [-0.39, 0.29) is 11.2 Å². The van der Waals surface area contributed by atoms with Crippen LogP contribution in [-0.4, -0.2) is 21.9 Å². The molecule has 6 nitrogen and oxygen atoms in total. The molecule has 1 aromatic heterocycles. The number of rotatable bonds is 2. The number of amides is 1. The van der Waals surface area contributed by atoms with Gasteiger partial charge in [0.25, 0.3) is 0 Å². The second kappa shape index (κ2) is 5.30. The highest BCUT2D eigenvalue weighted by molar-refractivity contribution is 6.03. The molecular formula is C20H22N4O2. The van der Waals surface area contributed by atoms with Crippen LogP contribution >= 0.6 is 0 Å². The van der Waals surface area contributed by atoms with Crippen molar-refractivity contribution >= 4 is 17.5 Å². The molecule has 1 aliphatic heterocycles. The summed E-state index contributed by atoms with van der Waals surface area (Å²) in [5.74, 6) is 0.436. The molecule has 2 aromatic rings. The molecule has 1 aromatic carbocycles. The van der Waals surface area contributed by atoms with E-state index in [4.69, 9.17) is 5.73 Å². The van der Waals surface area contributed by atoms with Crippen molar-refractivity contribution in [3.05, 3.63) is 58.4 Å².